The van der Waals surface area contributed by atoms with Gasteiger partial charge in [-0.15, -0.1) is 0 Å². The largest absolute Gasteiger partial charge is 0.490 e. The van der Waals surface area contributed by atoms with Crippen molar-refractivity contribution in [1.29, 1.82) is 0 Å². The van der Waals surface area contributed by atoms with E-state index in [0.29, 0.717) is 17.6 Å². The maximum atomic E-state index is 6.23. The molecule has 0 heterocycles. The first kappa shape index (κ1) is 12.5. The lowest BCUT2D eigenvalue weighted by Gasteiger charge is -2.53. The van der Waals surface area contributed by atoms with Crippen LogP contribution in [0.2, 0.25) is 0 Å². The van der Waals surface area contributed by atoms with Gasteiger partial charge in [-0.1, -0.05) is 34.8 Å². The highest BCUT2D eigenvalue weighted by Crippen LogP contribution is 2.54. The van der Waals surface area contributed by atoms with Crippen LogP contribution in [0.1, 0.15) is 32.1 Å². The maximum Gasteiger partial charge on any atom is 0.120 e. The van der Waals surface area contributed by atoms with E-state index in [9.17, 15) is 0 Å². The molecular formula is C15H20BrNO. The average Bonchev–Trinajstić information content (AvgIpc) is 2.86. The predicted octanol–water partition coefficient (Wildman–Crippen LogP) is 3.75. The summed E-state index contributed by atoms with van der Waals surface area (Å²) in [7, 11) is 2.08. The molecule has 2 unspecified atom stereocenters. The zero-order valence-electron chi connectivity index (χ0n) is 10.8. The summed E-state index contributed by atoms with van der Waals surface area (Å²) >= 11 is 3.50. The van der Waals surface area contributed by atoms with Gasteiger partial charge in [-0.2, -0.15) is 0 Å². The number of rotatable bonds is 3. The van der Waals surface area contributed by atoms with E-state index in [1.807, 2.05) is 12.1 Å². The minimum absolute atomic E-state index is 0.395. The molecule has 2 nitrogen and oxygen atoms in total. The minimum atomic E-state index is 0.395. The summed E-state index contributed by atoms with van der Waals surface area (Å²) in [5.41, 5.74) is 0.400. The lowest BCUT2D eigenvalue weighted by atomic mass is 9.60. The Morgan fingerprint density at radius 2 is 2.11 bits per heavy atom. The molecule has 3 heteroatoms. The van der Waals surface area contributed by atoms with Crippen LogP contribution in [0.4, 0.5) is 0 Å². The molecule has 0 aromatic heterocycles. The third-order valence-corrected chi connectivity index (χ3v) is 5.24. The number of benzene rings is 1. The van der Waals surface area contributed by atoms with E-state index < -0.39 is 0 Å². The van der Waals surface area contributed by atoms with E-state index in [0.717, 1.165) is 16.6 Å². The summed E-state index contributed by atoms with van der Waals surface area (Å²) in [4.78, 5) is 0. The Bertz CT molecular complexity index is 428. The van der Waals surface area contributed by atoms with Crippen LogP contribution in [-0.4, -0.2) is 19.2 Å². The molecule has 2 aliphatic carbocycles. The second-order valence-electron chi connectivity index (χ2n) is 5.58. The molecule has 2 fully saturated rings. The van der Waals surface area contributed by atoms with Crippen molar-refractivity contribution in [2.24, 2.45) is 5.41 Å². The molecule has 0 bridgehead atoms. The Morgan fingerprint density at radius 1 is 1.33 bits per heavy atom. The van der Waals surface area contributed by atoms with Crippen molar-refractivity contribution >= 4 is 15.9 Å². The van der Waals surface area contributed by atoms with Gasteiger partial charge in [0.2, 0.25) is 0 Å². The third kappa shape index (κ3) is 1.97. The summed E-state index contributed by atoms with van der Waals surface area (Å²) < 4.78 is 7.32. The van der Waals surface area contributed by atoms with Gasteiger partial charge in [-0.05, 0) is 38.1 Å². The Kier molecular flexibility index (Phi) is 3.37. The Morgan fingerprint density at radius 3 is 2.78 bits per heavy atom. The van der Waals surface area contributed by atoms with Crippen molar-refractivity contribution in [3.8, 4) is 5.75 Å². The SMILES string of the molecule is CNC1CC(Oc2cccc(Br)c2)C12CCCC2. The van der Waals surface area contributed by atoms with Gasteiger partial charge in [-0.25, -0.2) is 0 Å². The summed E-state index contributed by atoms with van der Waals surface area (Å²) in [5, 5.41) is 3.47. The van der Waals surface area contributed by atoms with Crippen LogP contribution in [0, 0.1) is 5.41 Å². The van der Waals surface area contributed by atoms with E-state index in [-0.39, 0.29) is 0 Å². The molecule has 1 aromatic rings. The Balaban J connectivity index is 1.74. The molecule has 1 spiro atoms. The second-order valence-corrected chi connectivity index (χ2v) is 6.50. The normalized spacial score (nSPS) is 29.2. The first-order valence-electron chi connectivity index (χ1n) is 6.84. The summed E-state index contributed by atoms with van der Waals surface area (Å²) in [5.74, 6) is 0.996. The van der Waals surface area contributed by atoms with Gasteiger partial charge in [0.05, 0.1) is 0 Å². The van der Waals surface area contributed by atoms with Crippen molar-refractivity contribution in [3.63, 3.8) is 0 Å². The van der Waals surface area contributed by atoms with E-state index in [1.54, 1.807) is 0 Å². The Hall–Kier alpha value is -0.540. The van der Waals surface area contributed by atoms with Crippen LogP contribution in [0.15, 0.2) is 28.7 Å². The van der Waals surface area contributed by atoms with Crippen LogP contribution in [0.25, 0.3) is 0 Å². The molecule has 0 amide bonds. The van der Waals surface area contributed by atoms with E-state index in [4.69, 9.17) is 4.74 Å². The topological polar surface area (TPSA) is 21.3 Å². The van der Waals surface area contributed by atoms with E-state index >= 15 is 0 Å². The van der Waals surface area contributed by atoms with E-state index in [2.05, 4.69) is 40.4 Å². The van der Waals surface area contributed by atoms with Crippen LogP contribution < -0.4 is 10.1 Å². The highest BCUT2D eigenvalue weighted by molar-refractivity contribution is 9.10. The molecule has 2 aliphatic rings. The van der Waals surface area contributed by atoms with Crippen LogP contribution >= 0.6 is 15.9 Å². The minimum Gasteiger partial charge on any atom is -0.490 e. The summed E-state index contributed by atoms with van der Waals surface area (Å²) in [6.45, 7) is 0. The zero-order valence-corrected chi connectivity index (χ0v) is 12.4. The fraction of sp³-hybridized carbons (Fsp3) is 0.600. The van der Waals surface area contributed by atoms with Crippen molar-refractivity contribution < 1.29 is 4.74 Å². The molecule has 0 saturated heterocycles. The second kappa shape index (κ2) is 4.86. The number of hydrogen-bond donors (Lipinski definition) is 1. The monoisotopic (exact) mass is 309 g/mol. The fourth-order valence-corrected chi connectivity index (χ4v) is 4.10. The molecule has 1 N–H and O–H groups in total. The number of halogens is 1. The Labute approximate surface area is 117 Å². The van der Waals surface area contributed by atoms with Gasteiger partial charge in [-0.3, -0.25) is 0 Å². The highest BCUT2D eigenvalue weighted by Gasteiger charge is 2.56. The third-order valence-electron chi connectivity index (χ3n) is 4.74. The van der Waals surface area contributed by atoms with Crippen LogP contribution in [0.5, 0.6) is 5.75 Å². The van der Waals surface area contributed by atoms with Gasteiger partial charge >= 0.3 is 0 Å². The van der Waals surface area contributed by atoms with Crippen LogP contribution in [0.3, 0.4) is 0 Å². The zero-order chi connectivity index (χ0) is 12.6. The highest BCUT2D eigenvalue weighted by atomic mass is 79.9. The fourth-order valence-electron chi connectivity index (χ4n) is 3.73. The summed E-state index contributed by atoms with van der Waals surface area (Å²) in [6.07, 6.45) is 6.89. The van der Waals surface area contributed by atoms with Gasteiger partial charge in [0.1, 0.15) is 11.9 Å². The standard InChI is InChI=1S/C15H20BrNO/c1-17-13-10-14(15(13)7-2-3-8-15)18-12-6-4-5-11(16)9-12/h4-6,9,13-14,17H,2-3,7-8,10H2,1H3. The van der Waals surface area contributed by atoms with Gasteiger partial charge < -0.3 is 10.1 Å². The molecule has 1 aromatic carbocycles. The molecule has 0 radical (unpaired) electrons. The molecule has 2 atom stereocenters. The molecule has 98 valence electrons. The van der Waals surface area contributed by atoms with Crippen LogP contribution in [-0.2, 0) is 0 Å². The van der Waals surface area contributed by atoms with Gasteiger partial charge in [0.15, 0.2) is 0 Å². The van der Waals surface area contributed by atoms with Crippen molar-refractivity contribution in [3.05, 3.63) is 28.7 Å². The average molecular weight is 310 g/mol. The first-order chi connectivity index (χ1) is 8.74. The van der Waals surface area contributed by atoms with Crippen molar-refractivity contribution in [2.45, 2.75) is 44.2 Å². The lowest BCUT2D eigenvalue weighted by molar-refractivity contribution is -0.0736. The lowest BCUT2D eigenvalue weighted by Crippen LogP contribution is -2.63. The van der Waals surface area contributed by atoms with E-state index in [1.165, 1.54) is 25.7 Å². The maximum absolute atomic E-state index is 6.23. The van der Waals surface area contributed by atoms with Crippen molar-refractivity contribution in [2.75, 3.05) is 7.05 Å². The number of ether oxygens (including phenoxy) is 1. The molecule has 0 aliphatic heterocycles. The number of hydrogen-bond acceptors (Lipinski definition) is 2. The summed E-state index contributed by atoms with van der Waals surface area (Å²) in [6, 6.07) is 8.84. The van der Waals surface area contributed by atoms with Gasteiger partial charge in [0, 0.05) is 22.4 Å². The van der Waals surface area contributed by atoms with Gasteiger partial charge in [0.25, 0.3) is 0 Å². The molecule has 3 rings (SSSR count). The van der Waals surface area contributed by atoms with Crippen molar-refractivity contribution in [1.82, 2.24) is 5.32 Å². The predicted molar refractivity (Wildman–Crippen MR) is 76.9 cm³/mol. The molecule has 2 saturated carbocycles. The quantitative estimate of drug-likeness (QED) is 0.918. The smallest absolute Gasteiger partial charge is 0.120 e. The molecular weight excluding hydrogens is 290 g/mol. The molecule has 18 heavy (non-hydrogen) atoms. The number of nitrogens with one attached hydrogen (secondary N) is 1. The first-order valence-corrected chi connectivity index (χ1v) is 7.63.